The van der Waals surface area contributed by atoms with Gasteiger partial charge in [0.15, 0.2) is 9.84 Å². The predicted octanol–water partition coefficient (Wildman–Crippen LogP) is 2.73. The molecule has 2 aromatic rings. The first-order chi connectivity index (χ1) is 10.2. The van der Waals surface area contributed by atoms with Gasteiger partial charge in [0, 0.05) is 6.54 Å². The van der Waals surface area contributed by atoms with Crippen molar-refractivity contribution in [2.75, 3.05) is 6.54 Å². The molecule has 0 amide bonds. The van der Waals surface area contributed by atoms with Crippen molar-refractivity contribution in [3.8, 4) is 0 Å². The molecule has 108 valence electrons. The number of benzene rings is 2. The second-order valence-electron chi connectivity index (χ2n) is 5.05. The van der Waals surface area contributed by atoms with Crippen LogP contribution in [0, 0.1) is 0 Å². The second kappa shape index (κ2) is 5.84. The molecule has 0 aliphatic carbocycles. The van der Waals surface area contributed by atoms with E-state index in [1.54, 1.807) is 30.3 Å². The Kier molecular flexibility index (Phi) is 3.90. The quantitative estimate of drug-likeness (QED) is 0.886. The van der Waals surface area contributed by atoms with E-state index in [1.807, 2.05) is 42.5 Å². The Balaban J connectivity index is 2.03. The van der Waals surface area contributed by atoms with E-state index in [1.165, 1.54) is 0 Å². The molecule has 1 aliphatic heterocycles. The molecule has 0 saturated heterocycles. The number of hydrogen-bond acceptors (Lipinski definition) is 3. The fourth-order valence-electron chi connectivity index (χ4n) is 2.64. The highest BCUT2D eigenvalue weighted by Crippen LogP contribution is 2.29. The molecule has 0 fully saturated rings. The zero-order chi connectivity index (χ0) is 14.7. The molecule has 2 atom stereocenters. The minimum atomic E-state index is -3.41. The van der Waals surface area contributed by atoms with E-state index in [-0.39, 0.29) is 6.04 Å². The summed E-state index contributed by atoms with van der Waals surface area (Å²) in [5, 5.41) is 2.71. The predicted molar refractivity (Wildman–Crippen MR) is 83.7 cm³/mol. The summed E-state index contributed by atoms with van der Waals surface area (Å²) in [6.45, 7) is 0.681. The normalized spacial score (nSPS) is 22.1. The van der Waals surface area contributed by atoms with Crippen molar-refractivity contribution in [1.29, 1.82) is 0 Å². The molecular formula is C17H17NO2S. The molecule has 0 spiro atoms. The summed E-state index contributed by atoms with van der Waals surface area (Å²) in [6.07, 6.45) is 3.68. The van der Waals surface area contributed by atoms with Gasteiger partial charge in [0.2, 0.25) is 0 Å². The number of rotatable bonds is 3. The van der Waals surface area contributed by atoms with Crippen molar-refractivity contribution < 1.29 is 8.42 Å². The van der Waals surface area contributed by atoms with Crippen LogP contribution in [-0.2, 0) is 9.84 Å². The Morgan fingerprint density at radius 2 is 1.52 bits per heavy atom. The lowest BCUT2D eigenvalue weighted by Crippen LogP contribution is -2.39. The fourth-order valence-corrected chi connectivity index (χ4v) is 4.42. The van der Waals surface area contributed by atoms with E-state index in [0.717, 1.165) is 5.56 Å². The smallest absolute Gasteiger partial charge is 0.186 e. The van der Waals surface area contributed by atoms with Gasteiger partial charge in [0.25, 0.3) is 0 Å². The molecule has 21 heavy (non-hydrogen) atoms. The van der Waals surface area contributed by atoms with Gasteiger partial charge in [-0.3, -0.25) is 0 Å². The molecule has 1 N–H and O–H groups in total. The van der Waals surface area contributed by atoms with Gasteiger partial charge in [-0.1, -0.05) is 60.7 Å². The van der Waals surface area contributed by atoms with Crippen LogP contribution < -0.4 is 5.32 Å². The molecule has 0 aromatic heterocycles. The summed E-state index contributed by atoms with van der Waals surface area (Å²) >= 11 is 0. The zero-order valence-corrected chi connectivity index (χ0v) is 12.3. The Hall–Kier alpha value is -1.91. The van der Waals surface area contributed by atoms with Gasteiger partial charge >= 0.3 is 0 Å². The maximum atomic E-state index is 12.9. The first-order valence-electron chi connectivity index (χ1n) is 6.93. The van der Waals surface area contributed by atoms with Gasteiger partial charge in [0.1, 0.15) is 5.25 Å². The molecule has 3 nitrogen and oxygen atoms in total. The van der Waals surface area contributed by atoms with E-state index in [0.29, 0.717) is 11.4 Å². The summed E-state index contributed by atoms with van der Waals surface area (Å²) < 4.78 is 25.8. The largest absolute Gasteiger partial charge is 0.305 e. The van der Waals surface area contributed by atoms with Crippen LogP contribution >= 0.6 is 0 Å². The molecule has 4 heteroatoms. The average Bonchev–Trinajstić information content (AvgIpc) is 2.56. The number of nitrogens with one attached hydrogen (secondary N) is 1. The van der Waals surface area contributed by atoms with Crippen LogP contribution in [0.15, 0.2) is 77.7 Å². The van der Waals surface area contributed by atoms with Gasteiger partial charge in [-0.05, 0) is 17.7 Å². The van der Waals surface area contributed by atoms with Gasteiger partial charge in [0.05, 0.1) is 10.9 Å². The third-order valence-corrected chi connectivity index (χ3v) is 5.77. The van der Waals surface area contributed by atoms with Crippen LogP contribution in [0.3, 0.4) is 0 Å². The first kappa shape index (κ1) is 14.0. The van der Waals surface area contributed by atoms with Crippen LogP contribution in [0.4, 0.5) is 0 Å². The maximum Gasteiger partial charge on any atom is 0.186 e. The van der Waals surface area contributed by atoms with Gasteiger partial charge < -0.3 is 5.32 Å². The number of sulfone groups is 1. The standard InChI is InChI=1S/C17H17NO2S/c19-21(20,15-10-5-2-6-11-15)16-12-7-13-18-17(16)14-8-3-1-4-9-14/h1-12,16-18H,13H2. The van der Waals surface area contributed by atoms with E-state index in [4.69, 9.17) is 0 Å². The van der Waals surface area contributed by atoms with Crippen molar-refractivity contribution in [1.82, 2.24) is 5.32 Å². The lowest BCUT2D eigenvalue weighted by molar-refractivity contribution is 0.523. The van der Waals surface area contributed by atoms with Crippen molar-refractivity contribution in [3.63, 3.8) is 0 Å². The highest BCUT2D eigenvalue weighted by atomic mass is 32.2. The molecule has 3 rings (SSSR count). The Morgan fingerprint density at radius 3 is 2.19 bits per heavy atom. The summed E-state index contributed by atoms with van der Waals surface area (Å²) in [7, 11) is -3.41. The monoisotopic (exact) mass is 299 g/mol. The summed E-state index contributed by atoms with van der Waals surface area (Å²) in [6, 6.07) is 18.1. The van der Waals surface area contributed by atoms with Gasteiger partial charge in [-0.2, -0.15) is 0 Å². The molecule has 0 saturated carbocycles. The highest BCUT2D eigenvalue weighted by Gasteiger charge is 2.34. The summed E-state index contributed by atoms with van der Waals surface area (Å²) in [5.74, 6) is 0. The van der Waals surface area contributed by atoms with Gasteiger partial charge in [-0.15, -0.1) is 0 Å². The second-order valence-corrected chi connectivity index (χ2v) is 7.15. The summed E-state index contributed by atoms with van der Waals surface area (Å²) in [4.78, 5) is 0.365. The van der Waals surface area contributed by atoms with Crippen molar-refractivity contribution in [2.24, 2.45) is 0 Å². The van der Waals surface area contributed by atoms with Crippen LogP contribution in [0.1, 0.15) is 11.6 Å². The Labute approximate surface area is 125 Å². The lowest BCUT2D eigenvalue weighted by atomic mass is 10.0. The van der Waals surface area contributed by atoms with Crippen LogP contribution in [0.5, 0.6) is 0 Å². The molecular weight excluding hydrogens is 282 g/mol. The Bertz CT molecular complexity index is 724. The number of hydrogen-bond donors (Lipinski definition) is 1. The third-order valence-electron chi connectivity index (χ3n) is 3.70. The Morgan fingerprint density at radius 1 is 0.905 bits per heavy atom. The third kappa shape index (κ3) is 2.77. The maximum absolute atomic E-state index is 12.9. The lowest BCUT2D eigenvalue weighted by Gasteiger charge is -2.29. The minimum absolute atomic E-state index is 0.221. The minimum Gasteiger partial charge on any atom is -0.305 e. The van der Waals surface area contributed by atoms with E-state index in [9.17, 15) is 8.42 Å². The van der Waals surface area contributed by atoms with Crippen molar-refractivity contribution in [3.05, 3.63) is 78.4 Å². The van der Waals surface area contributed by atoms with E-state index >= 15 is 0 Å². The van der Waals surface area contributed by atoms with Crippen LogP contribution in [0.25, 0.3) is 0 Å². The molecule has 0 radical (unpaired) electrons. The SMILES string of the molecule is O=S(=O)(c1ccccc1)C1C=CCNC1c1ccccc1. The molecule has 1 aliphatic rings. The summed E-state index contributed by atoms with van der Waals surface area (Å²) in [5.41, 5.74) is 0.992. The van der Waals surface area contributed by atoms with Crippen LogP contribution in [-0.4, -0.2) is 20.2 Å². The molecule has 1 heterocycles. The molecule has 0 bridgehead atoms. The van der Waals surface area contributed by atoms with Crippen molar-refractivity contribution >= 4 is 9.84 Å². The topological polar surface area (TPSA) is 46.2 Å². The average molecular weight is 299 g/mol. The molecule has 2 aromatic carbocycles. The van der Waals surface area contributed by atoms with Crippen molar-refractivity contribution in [2.45, 2.75) is 16.2 Å². The van der Waals surface area contributed by atoms with E-state index < -0.39 is 15.1 Å². The van der Waals surface area contributed by atoms with Crippen LogP contribution in [0.2, 0.25) is 0 Å². The molecule has 2 unspecified atom stereocenters. The fraction of sp³-hybridized carbons (Fsp3) is 0.176. The highest BCUT2D eigenvalue weighted by molar-refractivity contribution is 7.92. The van der Waals surface area contributed by atoms with Gasteiger partial charge in [-0.25, -0.2) is 8.42 Å². The zero-order valence-electron chi connectivity index (χ0n) is 11.5. The van der Waals surface area contributed by atoms with E-state index in [2.05, 4.69) is 5.32 Å². The first-order valence-corrected chi connectivity index (χ1v) is 8.48.